The highest BCUT2D eigenvalue weighted by Crippen LogP contribution is 2.20. The van der Waals surface area contributed by atoms with Crippen LogP contribution in [0.3, 0.4) is 0 Å². The van der Waals surface area contributed by atoms with Crippen molar-refractivity contribution < 1.29 is 24.0 Å². The molecule has 0 heterocycles. The topological polar surface area (TPSA) is 108 Å². The minimum atomic E-state index is -0.859. The molecule has 0 unspecified atom stereocenters. The van der Waals surface area contributed by atoms with Gasteiger partial charge in [0.15, 0.2) is 0 Å². The number of nitrogens with zero attached hydrogens (tertiary/aromatic N) is 1. The van der Waals surface area contributed by atoms with E-state index in [0.717, 1.165) is 5.75 Å². The van der Waals surface area contributed by atoms with Gasteiger partial charge in [-0.1, -0.05) is 21.6 Å². The Bertz CT molecular complexity index is 538. The minimum Gasteiger partial charge on any atom is -0.433 e. The number of carbonyl (C=O) groups excluding carboxylic acids is 2. The molecule has 0 aliphatic heterocycles. The average molecular weight is 360 g/mol. The number of nitro groups is 1. The number of nitrogens with one attached hydrogen (secondary N) is 1. The molecule has 8 nitrogen and oxygen atoms in total. The van der Waals surface area contributed by atoms with Crippen LogP contribution in [0.2, 0.25) is 0 Å². The lowest BCUT2D eigenvalue weighted by atomic mass is 10.3. The lowest BCUT2D eigenvalue weighted by Crippen LogP contribution is -2.22. The third-order valence-corrected chi connectivity index (χ3v) is 4.65. The maximum Gasteiger partial charge on any atom is 0.513 e. The zero-order chi connectivity index (χ0) is 17.1. The smallest absolute Gasteiger partial charge is 0.433 e. The van der Waals surface area contributed by atoms with Crippen LogP contribution >= 0.6 is 21.6 Å². The van der Waals surface area contributed by atoms with E-state index in [1.807, 2.05) is 0 Å². The number of carbonyl (C=O) groups is 2. The van der Waals surface area contributed by atoms with Crippen molar-refractivity contribution in [1.29, 1.82) is 0 Å². The molecule has 0 saturated carbocycles. The third kappa shape index (κ3) is 8.94. The maximum absolute atomic E-state index is 11.4. The lowest BCUT2D eigenvalue weighted by molar-refractivity contribution is -0.384. The second-order valence-corrected chi connectivity index (χ2v) is 6.78. The van der Waals surface area contributed by atoms with Gasteiger partial charge in [0.05, 0.1) is 4.92 Å². The normalized spacial score (nSPS) is 9.96. The van der Waals surface area contributed by atoms with Crippen LogP contribution in [-0.4, -0.2) is 41.6 Å². The average Bonchev–Trinajstić information content (AvgIpc) is 2.50. The second kappa shape index (κ2) is 10.7. The number of hydrogen-bond donors (Lipinski definition) is 1. The van der Waals surface area contributed by atoms with E-state index in [0.29, 0.717) is 12.3 Å². The molecule has 1 amide bonds. The summed E-state index contributed by atoms with van der Waals surface area (Å²) in [4.78, 5) is 32.0. The molecule has 10 heteroatoms. The fourth-order valence-corrected chi connectivity index (χ4v) is 3.04. The van der Waals surface area contributed by atoms with E-state index in [9.17, 15) is 19.7 Å². The SMILES string of the molecule is CC(=O)NCCSSCCOC(=O)Oc1ccc([N+](=O)[O-])cc1. The molecule has 0 fully saturated rings. The fraction of sp³-hybridized carbons (Fsp3) is 0.385. The van der Waals surface area contributed by atoms with Crippen molar-refractivity contribution in [2.24, 2.45) is 0 Å². The van der Waals surface area contributed by atoms with Gasteiger partial charge in [0.1, 0.15) is 12.4 Å². The maximum atomic E-state index is 11.4. The molecule has 0 aliphatic rings. The Balaban J connectivity index is 2.10. The van der Waals surface area contributed by atoms with Gasteiger partial charge < -0.3 is 14.8 Å². The molecule has 0 aromatic heterocycles. The standard InChI is InChI=1S/C13H16N2O6S2/c1-10(16)14-6-8-22-23-9-7-20-13(17)21-12-4-2-11(3-5-12)15(18)19/h2-5H,6-9H2,1H3,(H,14,16). The highest BCUT2D eigenvalue weighted by molar-refractivity contribution is 8.76. The van der Waals surface area contributed by atoms with Crippen LogP contribution in [0, 0.1) is 10.1 Å². The molecule has 126 valence electrons. The Morgan fingerprint density at radius 2 is 1.87 bits per heavy atom. The first-order chi connectivity index (χ1) is 11.0. The van der Waals surface area contributed by atoms with Crippen molar-refractivity contribution in [3.8, 4) is 5.75 Å². The van der Waals surface area contributed by atoms with Crippen LogP contribution in [0.25, 0.3) is 0 Å². The van der Waals surface area contributed by atoms with Crippen molar-refractivity contribution >= 4 is 39.3 Å². The Kier molecular flexibility index (Phi) is 8.91. The second-order valence-electron chi connectivity index (χ2n) is 4.08. The number of ether oxygens (including phenoxy) is 2. The first-order valence-corrected chi connectivity index (χ1v) is 9.06. The molecule has 23 heavy (non-hydrogen) atoms. The lowest BCUT2D eigenvalue weighted by Gasteiger charge is -2.05. The van der Waals surface area contributed by atoms with E-state index >= 15 is 0 Å². The van der Waals surface area contributed by atoms with Crippen LogP contribution in [0.15, 0.2) is 24.3 Å². The van der Waals surface area contributed by atoms with Crippen molar-refractivity contribution in [3.63, 3.8) is 0 Å². The predicted molar refractivity (Wildman–Crippen MR) is 88.7 cm³/mol. The van der Waals surface area contributed by atoms with Crippen LogP contribution in [0.1, 0.15) is 6.92 Å². The van der Waals surface area contributed by atoms with Gasteiger partial charge >= 0.3 is 6.16 Å². The predicted octanol–water partition coefficient (Wildman–Crippen LogP) is 2.63. The minimum absolute atomic E-state index is 0.0621. The van der Waals surface area contributed by atoms with Gasteiger partial charge in [-0.05, 0) is 12.1 Å². The largest absolute Gasteiger partial charge is 0.513 e. The van der Waals surface area contributed by atoms with Gasteiger partial charge in [0, 0.05) is 37.1 Å². The Labute approximate surface area is 140 Å². The van der Waals surface area contributed by atoms with E-state index in [2.05, 4.69) is 5.32 Å². The molecule has 0 aliphatic carbocycles. The van der Waals surface area contributed by atoms with Gasteiger partial charge in [-0.3, -0.25) is 14.9 Å². The molecule has 1 aromatic carbocycles. The summed E-state index contributed by atoms with van der Waals surface area (Å²) < 4.78 is 9.74. The molecule has 1 aromatic rings. The van der Waals surface area contributed by atoms with E-state index in [4.69, 9.17) is 9.47 Å². The highest BCUT2D eigenvalue weighted by Gasteiger charge is 2.09. The molecule has 0 spiro atoms. The van der Waals surface area contributed by atoms with Gasteiger partial charge in [-0.15, -0.1) is 0 Å². The first-order valence-electron chi connectivity index (χ1n) is 6.57. The number of nitro benzene ring substituents is 1. The van der Waals surface area contributed by atoms with Crippen molar-refractivity contribution in [1.82, 2.24) is 5.32 Å². The summed E-state index contributed by atoms with van der Waals surface area (Å²) in [5.74, 6) is 1.46. The van der Waals surface area contributed by atoms with Crippen LogP contribution < -0.4 is 10.1 Å². The van der Waals surface area contributed by atoms with E-state index < -0.39 is 11.1 Å². The highest BCUT2D eigenvalue weighted by atomic mass is 33.1. The molecular formula is C13H16N2O6S2. The van der Waals surface area contributed by atoms with Gasteiger partial charge in [-0.25, -0.2) is 4.79 Å². The quantitative estimate of drug-likeness (QED) is 0.179. The summed E-state index contributed by atoms with van der Waals surface area (Å²) in [5.41, 5.74) is -0.0848. The summed E-state index contributed by atoms with van der Waals surface area (Å²) in [6.45, 7) is 2.24. The third-order valence-electron chi connectivity index (χ3n) is 2.28. The van der Waals surface area contributed by atoms with E-state index in [-0.39, 0.29) is 24.0 Å². The first kappa shape index (κ1) is 19.1. The van der Waals surface area contributed by atoms with Gasteiger partial charge in [0.25, 0.3) is 5.69 Å². The Hall–Kier alpha value is -1.94. The Morgan fingerprint density at radius 3 is 2.48 bits per heavy atom. The monoisotopic (exact) mass is 360 g/mol. The molecule has 1 N–H and O–H groups in total. The van der Waals surface area contributed by atoms with Crippen LogP contribution in [0.5, 0.6) is 5.75 Å². The summed E-state index contributed by atoms with van der Waals surface area (Å²) in [6, 6.07) is 5.13. The van der Waals surface area contributed by atoms with Crippen LogP contribution in [0.4, 0.5) is 10.5 Å². The zero-order valence-corrected chi connectivity index (χ0v) is 14.0. The van der Waals surface area contributed by atoms with Crippen LogP contribution in [-0.2, 0) is 9.53 Å². The van der Waals surface area contributed by atoms with E-state index in [1.54, 1.807) is 10.8 Å². The summed E-state index contributed by atoms with van der Waals surface area (Å²) in [6.07, 6.45) is -0.859. The molecular weight excluding hydrogens is 344 g/mol. The van der Waals surface area contributed by atoms with Crippen molar-refractivity contribution in [3.05, 3.63) is 34.4 Å². The number of hydrogen-bond acceptors (Lipinski definition) is 8. The number of non-ortho nitro benzene ring substituents is 1. The molecule has 0 atom stereocenters. The van der Waals surface area contributed by atoms with Gasteiger partial charge in [-0.2, -0.15) is 0 Å². The van der Waals surface area contributed by atoms with E-state index in [1.165, 1.54) is 42.0 Å². The fourth-order valence-electron chi connectivity index (χ4n) is 1.31. The summed E-state index contributed by atoms with van der Waals surface area (Å²) in [5, 5.41) is 13.2. The number of benzene rings is 1. The number of rotatable bonds is 9. The molecule has 0 radical (unpaired) electrons. The number of amides is 1. The molecule has 0 bridgehead atoms. The molecule has 1 rings (SSSR count). The Morgan fingerprint density at radius 1 is 1.22 bits per heavy atom. The van der Waals surface area contributed by atoms with Crippen molar-refractivity contribution in [2.45, 2.75) is 6.92 Å². The zero-order valence-electron chi connectivity index (χ0n) is 12.4. The van der Waals surface area contributed by atoms with Gasteiger partial charge in [0.2, 0.25) is 5.91 Å². The van der Waals surface area contributed by atoms with Crippen molar-refractivity contribution in [2.75, 3.05) is 24.7 Å². The summed E-state index contributed by atoms with van der Waals surface area (Å²) >= 11 is 0. The molecule has 0 saturated heterocycles. The summed E-state index contributed by atoms with van der Waals surface area (Å²) in [7, 11) is 3.08.